The Bertz CT molecular complexity index is 466. The van der Waals surface area contributed by atoms with E-state index in [1.165, 1.54) is 36.9 Å². The highest BCUT2D eigenvalue weighted by atomic mass is 35.5. The molecule has 3 rings (SSSR count). The minimum Gasteiger partial charge on any atom is -0.365 e. The van der Waals surface area contributed by atoms with Crippen LogP contribution in [0, 0.1) is 6.92 Å². The van der Waals surface area contributed by atoms with E-state index in [1.807, 2.05) is 6.07 Å². The van der Waals surface area contributed by atoms with Crippen LogP contribution in [-0.4, -0.2) is 24.7 Å². The van der Waals surface area contributed by atoms with Gasteiger partial charge < -0.3 is 10.2 Å². The van der Waals surface area contributed by atoms with Crippen LogP contribution in [0.5, 0.6) is 0 Å². The second-order valence-electron chi connectivity index (χ2n) is 6.28. The molecule has 0 radical (unpaired) electrons. The molecule has 1 saturated carbocycles. The molecule has 3 heteroatoms. The molecule has 0 amide bonds. The van der Waals surface area contributed by atoms with Gasteiger partial charge in [0.2, 0.25) is 0 Å². The molecular formula is C16H23ClN2. The van der Waals surface area contributed by atoms with Crippen LogP contribution in [0.25, 0.3) is 0 Å². The van der Waals surface area contributed by atoms with E-state index in [2.05, 4.69) is 36.2 Å². The summed E-state index contributed by atoms with van der Waals surface area (Å²) in [5, 5.41) is 4.64. The van der Waals surface area contributed by atoms with Gasteiger partial charge in [-0.2, -0.15) is 0 Å². The second kappa shape index (κ2) is 4.99. The van der Waals surface area contributed by atoms with E-state index in [-0.39, 0.29) is 0 Å². The first kappa shape index (κ1) is 13.3. The number of benzene rings is 1. The molecule has 19 heavy (non-hydrogen) atoms. The second-order valence-corrected chi connectivity index (χ2v) is 6.71. The number of hydrogen-bond acceptors (Lipinski definition) is 2. The Hall–Kier alpha value is -0.730. The van der Waals surface area contributed by atoms with Gasteiger partial charge in [-0.05, 0) is 44.4 Å². The monoisotopic (exact) mass is 278 g/mol. The Morgan fingerprint density at radius 3 is 2.79 bits per heavy atom. The minimum absolute atomic E-state index is 0.348. The van der Waals surface area contributed by atoms with Crippen LogP contribution in [0.3, 0.4) is 0 Å². The topological polar surface area (TPSA) is 15.3 Å². The Morgan fingerprint density at radius 2 is 2.05 bits per heavy atom. The summed E-state index contributed by atoms with van der Waals surface area (Å²) in [6, 6.07) is 6.77. The number of anilines is 1. The lowest BCUT2D eigenvalue weighted by Crippen LogP contribution is -2.62. The molecule has 1 aromatic carbocycles. The lowest BCUT2D eigenvalue weighted by Gasteiger charge is -2.47. The number of halogens is 1. The summed E-state index contributed by atoms with van der Waals surface area (Å²) in [7, 11) is 0. The highest BCUT2D eigenvalue weighted by Gasteiger charge is 2.40. The number of aryl methyl sites for hydroxylation is 1. The Kier molecular flexibility index (Phi) is 3.48. The zero-order valence-electron chi connectivity index (χ0n) is 11.9. The summed E-state index contributed by atoms with van der Waals surface area (Å²) >= 11 is 6.19. The smallest absolute Gasteiger partial charge is 0.0426 e. The molecule has 2 aliphatic rings. The van der Waals surface area contributed by atoms with Crippen molar-refractivity contribution in [3.05, 3.63) is 28.8 Å². The first-order valence-electron chi connectivity index (χ1n) is 7.37. The molecule has 1 unspecified atom stereocenters. The highest BCUT2D eigenvalue weighted by molar-refractivity contribution is 6.30. The fourth-order valence-electron chi connectivity index (χ4n) is 3.61. The SMILES string of the molecule is Cc1ccc(Cl)cc1N1CC2(CCCC2)NCC1C. The van der Waals surface area contributed by atoms with Crippen LogP contribution >= 0.6 is 11.6 Å². The van der Waals surface area contributed by atoms with Crippen LogP contribution in [0.2, 0.25) is 5.02 Å². The Labute approximate surface area is 121 Å². The fraction of sp³-hybridized carbons (Fsp3) is 0.625. The molecule has 1 heterocycles. The average molecular weight is 279 g/mol. The van der Waals surface area contributed by atoms with Crippen LogP contribution in [-0.2, 0) is 0 Å². The minimum atomic E-state index is 0.348. The zero-order chi connectivity index (χ0) is 13.5. The lowest BCUT2D eigenvalue weighted by molar-refractivity contribution is 0.276. The van der Waals surface area contributed by atoms with Crippen LogP contribution < -0.4 is 10.2 Å². The Balaban J connectivity index is 1.91. The van der Waals surface area contributed by atoms with Crippen molar-refractivity contribution >= 4 is 17.3 Å². The quantitative estimate of drug-likeness (QED) is 0.841. The third-order valence-electron chi connectivity index (χ3n) is 4.82. The maximum absolute atomic E-state index is 6.19. The Morgan fingerprint density at radius 1 is 1.32 bits per heavy atom. The van der Waals surface area contributed by atoms with Crippen molar-refractivity contribution < 1.29 is 0 Å². The first-order valence-corrected chi connectivity index (χ1v) is 7.75. The van der Waals surface area contributed by atoms with E-state index in [9.17, 15) is 0 Å². The van der Waals surface area contributed by atoms with E-state index < -0.39 is 0 Å². The molecule has 104 valence electrons. The molecule has 0 bridgehead atoms. The highest BCUT2D eigenvalue weighted by Crippen LogP contribution is 2.36. The number of nitrogens with one attached hydrogen (secondary N) is 1. The molecule has 1 N–H and O–H groups in total. The first-order chi connectivity index (χ1) is 9.10. The third kappa shape index (κ3) is 2.48. The van der Waals surface area contributed by atoms with Gasteiger partial charge in [-0.25, -0.2) is 0 Å². The number of piperazine rings is 1. The van der Waals surface area contributed by atoms with Gasteiger partial charge in [0.1, 0.15) is 0 Å². The molecule has 1 spiro atoms. The van der Waals surface area contributed by atoms with Gasteiger partial charge in [-0.1, -0.05) is 30.5 Å². The molecule has 0 aromatic heterocycles. The van der Waals surface area contributed by atoms with Crippen molar-refractivity contribution in [3.8, 4) is 0 Å². The van der Waals surface area contributed by atoms with E-state index in [1.54, 1.807) is 0 Å². The molecule has 1 aliphatic heterocycles. The zero-order valence-corrected chi connectivity index (χ0v) is 12.6. The van der Waals surface area contributed by atoms with Crippen molar-refractivity contribution in [2.75, 3.05) is 18.0 Å². The molecular weight excluding hydrogens is 256 g/mol. The van der Waals surface area contributed by atoms with Crippen LogP contribution in [0.4, 0.5) is 5.69 Å². The standard InChI is InChI=1S/C16H23ClN2/c1-12-5-6-14(17)9-15(12)19-11-16(7-3-4-8-16)18-10-13(19)2/h5-6,9,13,18H,3-4,7-8,10-11H2,1-2H3. The summed E-state index contributed by atoms with van der Waals surface area (Å²) in [5.41, 5.74) is 2.99. The summed E-state index contributed by atoms with van der Waals surface area (Å²) in [6.07, 6.45) is 5.36. The normalized spacial score (nSPS) is 26.1. The van der Waals surface area contributed by atoms with Gasteiger partial charge in [0, 0.05) is 35.4 Å². The van der Waals surface area contributed by atoms with Crippen LogP contribution in [0.1, 0.15) is 38.2 Å². The molecule has 1 aromatic rings. The fourth-order valence-corrected chi connectivity index (χ4v) is 3.78. The maximum Gasteiger partial charge on any atom is 0.0426 e. The molecule has 1 atom stereocenters. The summed E-state index contributed by atoms with van der Waals surface area (Å²) < 4.78 is 0. The van der Waals surface area contributed by atoms with Crippen molar-refractivity contribution in [2.24, 2.45) is 0 Å². The van der Waals surface area contributed by atoms with E-state index in [0.29, 0.717) is 11.6 Å². The predicted octanol–water partition coefficient (Wildman–Crippen LogP) is 3.76. The number of rotatable bonds is 1. The lowest BCUT2D eigenvalue weighted by atomic mass is 9.92. The third-order valence-corrected chi connectivity index (χ3v) is 5.05. The van der Waals surface area contributed by atoms with Gasteiger partial charge in [0.15, 0.2) is 0 Å². The predicted molar refractivity (Wildman–Crippen MR) is 82.2 cm³/mol. The molecule has 1 aliphatic carbocycles. The van der Waals surface area contributed by atoms with E-state index >= 15 is 0 Å². The van der Waals surface area contributed by atoms with Crippen molar-refractivity contribution in [3.63, 3.8) is 0 Å². The van der Waals surface area contributed by atoms with Gasteiger partial charge >= 0.3 is 0 Å². The van der Waals surface area contributed by atoms with Gasteiger partial charge in [-0.3, -0.25) is 0 Å². The summed E-state index contributed by atoms with van der Waals surface area (Å²) in [5.74, 6) is 0. The maximum atomic E-state index is 6.19. The van der Waals surface area contributed by atoms with Crippen LogP contribution in [0.15, 0.2) is 18.2 Å². The van der Waals surface area contributed by atoms with E-state index in [0.717, 1.165) is 18.1 Å². The van der Waals surface area contributed by atoms with Crippen molar-refractivity contribution in [1.29, 1.82) is 0 Å². The molecule has 2 fully saturated rings. The average Bonchev–Trinajstić information content (AvgIpc) is 2.84. The molecule has 1 saturated heterocycles. The van der Waals surface area contributed by atoms with Gasteiger partial charge in [0.05, 0.1) is 0 Å². The van der Waals surface area contributed by atoms with Gasteiger partial charge in [-0.15, -0.1) is 0 Å². The van der Waals surface area contributed by atoms with Crippen molar-refractivity contribution in [1.82, 2.24) is 5.32 Å². The number of nitrogens with zero attached hydrogens (tertiary/aromatic N) is 1. The summed E-state index contributed by atoms with van der Waals surface area (Å²) in [6.45, 7) is 6.68. The van der Waals surface area contributed by atoms with E-state index in [4.69, 9.17) is 11.6 Å². The van der Waals surface area contributed by atoms with Crippen molar-refractivity contribution in [2.45, 2.75) is 51.1 Å². The largest absolute Gasteiger partial charge is 0.365 e. The number of hydrogen-bond donors (Lipinski definition) is 1. The molecule has 2 nitrogen and oxygen atoms in total. The summed E-state index contributed by atoms with van der Waals surface area (Å²) in [4.78, 5) is 2.56. The van der Waals surface area contributed by atoms with Gasteiger partial charge in [0.25, 0.3) is 0 Å².